The Morgan fingerprint density at radius 2 is 2.11 bits per heavy atom. The van der Waals surface area contributed by atoms with Crippen LogP contribution in [0.1, 0.15) is 17.4 Å². The zero-order valence-corrected chi connectivity index (χ0v) is 11.3. The molecule has 0 aliphatic carbocycles. The average molecular weight is 332 g/mol. The van der Waals surface area contributed by atoms with Crippen LogP contribution in [0.3, 0.4) is 0 Å². The van der Waals surface area contributed by atoms with Crippen LogP contribution in [0.4, 0.5) is 8.78 Å². The summed E-state index contributed by atoms with van der Waals surface area (Å²) in [7, 11) is 0. The molecule has 0 bridgehead atoms. The number of nitrogens with zero attached hydrogens (tertiary/aromatic N) is 2. The Bertz CT molecular complexity index is 630. The first-order valence-corrected chi connectivity index (χ1v) is 6.06. The summed E-state index contributed by atoms with van der Waals surface area (Å²) in [6, 6.07) is 1.88. The Labute approximate surface area is 115 Å². The Morgan fingerprint density at radius 3 is 2.79 bits per heavy atom. The molecule has 100 valence electrons. The smallest absolute Gasteiger partial charge is 0.361 e. The van der Waals surface area contributed by atoms with E-state index in [0.29, 0.717) is 0 Å². The summed E-state index contributed by atoms with van der Waals surface area (Å²) >= 11 is 2.87. The largest absolute Gasteiger partial charge is 0.461 e. The van der Waals surface area contributed by atoms with E-state index in [1.807, 2.05) is 0 Å². The summed E-state index contributed by atoms with van der Waals surface area (Å²) in [6.07, 6.45) is 0. The van der Waals surface area contributed by atoms with E-state index in [1.54, 1.807) is 6.92 Å². The first-order valence-electron chi connectivity index (χ1n) is 5.27. The topological polar surface area (TPSA) is 67.9 Å². The molecule has 0 fully saturated rings. The number of nitrogens with one attached hydrogen (secondary N) is 1. The highest BCUT2D eigenvalue weighted by Crippen LogP contribution is 2.28. The van der Waals surface area contributed by atoms with Crippen LogP contribution in [0.2, 0.25) is 0 Å². The van der Waals surface area contributed by atoms with E-state index in [2.05, 4.69) is 31.3 Å². The monoisotopic (exact) mass is 331 g/mol. The third-order valence-electron chi connectivity index (χ3n) is 2.28. The van der Waals surface area contributed by atoms with Crippen molar-refractivity contribution < 1.29 is 18.3 Å². The number of H-pyrrole nitrogens is 1. The normalized spacial score (nSPS) is 10.5. The minimum absolute atomic E-state index is 0.0186. The number of esters is 1. The number of benzene rings is 1. The molecule has 19 heavy (non-hydrogen) atoms. The van der Waals surface area contributed by atoms with Gasteiger partial charge in [-0.25, -0.2) is 13.6 Å². The number of aromatic nitrogens is 3. The van der Waals surface area contributed by atoms with Crippen LogP contribution >= 0.6 is 15.9 Å². The Morgan fingerprint density at radius 1 is 1.37 bits per heavy atom. The van der Waals surface area contributed by atoms with Gasteiger partial charge in [-0.1, -0.05) is 0 Å². The number of halogens is 3. The molecule has 0 saturated carbocycles. The summed E-state index contributed by atoms with van der Waals surface area (Å²) < 4.78 is 32.0. The Hall–Kier alpha value is -1.83. The highest BCUT2D eigenvalue weighted by atomic mass is 79.9. The van der Waals surface area contributed by atoms with Gasteiger partial charge in [0, 0.05) is 5.56 Å². The quantitative estimate of drug-likeness (QED) is 0.693. The molecule has 0 aliphatic rings. The molecule has 8 heteroatoms. The molecule has 0 atom stereocenters. The zero-order chi connectivity index (χ0) is 14.0. The molecular weight excluding hydrogens is 324 g/mol. The second-order valence-corrected chi connectivity index (χ2v) is 4.34. The van der Waals surface area contributed by atoms with Gasteiger partial charge in [0.15, 0.2) is 5.69 Å². The van der Waals surface area contributed by atoms with Gasteiger partial charge in [-0.05, 0) is 35.0 Å². The first kappa shape index (κ1) is 13.6. The standard InChI is InChI=1S/C11H8BrF2N3O2/c1-2-19-11(18)10-9(15-17-16-10)5-3-8(14)6(12)4-7(5)13/h3-4H,2H2,1H3,(H,15,16,17). The van der Waals surface area contributed by atoms with E-state index >= 15 is 0 Å². The van der Waals surface area contributed by atoms with Crippen LogP contribution in [0.25, 0.3) is 11.3 Å². The lowest BCUT2D eigenvalue weighted by atomic mass is 10.1. The van der Waals surface area contributed by atoms with Gasteiger partial charge in [-0.15, -0.1) is 5.10 Å². The molecule has 0 saturated heterocycles. The van der Waals surface area contributed by atoms with Crippen molar-refractivity contribution in [1.29, 1.82) is 0 Å². The second kappa shape index (κ2) is 5.43. The van der Waals surface area contributed by atoms with E-state index < -0.39 is 17.6 Å². The van der Waals surface area contributed by atoms with Crippen molar-refractivity contribution in [3.05, 3.63) is 33.9 Å². The Kier molecular flexibility index (Phi) is 3.89. The van der Waals surface area contributed by atoms with Crippen LogP contribution in [0.15, 0.2) is 16.6 Å². The van der Waals surface area contributed by atoms with Gasteiger partial charge < -0.3 is 4.74 Å². The lowest BCUT2D eigenvalue weighted by Gasteiger charge is -2.04. The predicted octanol–water partition coefficient (Wildman–Crippen LogP) is 2.69. The SMILES string of the molecule is CCOC(=O)c1n[nH]nc1-c1cc(F)c(Br)cc1F. The van der Waals surface area contributed by atoms with Gasteiger partial charge in [0.25, 0.3) is 0 Å². The van der Waals surface area contributed by atoms with Gasteiger partial charge >= 0.3 is 5.97 Å². The maximum atomic E-state index is 13.8. The number of hydrogen-bond donors (Lipinski definition) is 1. The van der Waals surface area contributed by atoms with E-state index in [1.165, 1.54) is 0 Å². The molecule has 0 radical (unpaired) electrons. The highest BCUT2D eigenvalue weighted by molar-refractivity contribution is 9.10. The predicted molar refractivity (Wildman–Crippen MR) is 65.4 cm³/mol. The van der Waals surface area contributed by atoms with Crippen molar-refractivity contribution in [3.8, 4) is 11.3 Å². The number of carbonyl (C=O) groups excluding carboxylic acids is 1. The lowest BCUT2D eigenvalue weighted by Crippen LogP contribution is -2.07. The van der Waals surface area contributed by atoms with Gasteiger partial charge in [-0.3, -0.25) is 0 Å². The highest BCUT2D eigenvalue weighted by Gasteiger charge is 2.22. The molecule has 0 spiro atoms. The van der Waals surface area contributed by atoms with Crippen molar-refractivity contribution in [2.45, 2.75) is 6.92 Å². The van der Waals surface area contributed by atoms with Crippen molar-refractivity contribution in [3.63, 3.8) is 0 Å². The molecule has 1 aromatic heterocycles. The molecule has 5 nitrogen and oxygen atoms in total. The second-order valence-electron chi connectivity index (χ2n) is 3.49. The van der Waals surface area contributed by atoms with Crippen molar-refractivity contribution in [2.24, 2.45) is 0 Å². The van der Waals surface area contributed by atoms with Gasteiger partial charge in [-0.2, -0.15) is 10.3 Å². The first-order chi connectivity index (χ1) is 9.04. The van der Waals surface area contributed by atoms with Crippen LogP contribution in [-0.2, 0) is 4.74 Å². The van der Waals surface area contributed by atoms with E-state index in [4.69, 9.17) is 4.74 Å². The molecule has 1 aromatic carbocycles. The van der Waals surface area contributed by atoms with Crippen molar-refractivity contribution in [2.75, 3.05) is 6.61 Å². The van der Waals surface area contributed by atoms with Crippen LogP contribution < -0.4 is 0 Å². The number of hydrogen-bond acceptors (Lipinski definition) is 4. The van der Waals surface area contributed by atoms with Crippen molar-refractivity contribution >= 4 is 21.9 Å². The average Bonchev–Trinajstić information content (AvgIpc) is 2.83. The summed E-state index contributed by atoms with van der Waals surface area (Å²) in [4.78, 5) is 11.6. The van der Waals surface area contributed by atoms with E-state index in [9.17, 15) is 13.6 Å². The molecule has 2 aromatic rings. The molecular formula is C11H8BrF2N3O2. The maximum absolute atomic E-state index is 13.8. The third-order valence-corrected chi connectivity index (χ3v) is 2.89. The van der Waals surface area contributed by atoms with E-state index in [-0.39, 0.29) is 28.0 Å². The molecule has 0 unspecified atom stereocenters. The van der Waals surface area contributed by atoms with Crippen LogP contribution in [0.5, 0.6) is 0 Å². The van der Waals surface area contributed by atoms with Gasteiger partial charge in [0.1, 0.15) is 17.3 Å². The third kappa shape index (κ3) is 2.62. The fourth-order valence-electron chi connectivity index (χ4n) is 1.46. The lowest BCUT2D eigenvalue weighted by molar-refractivity contribution is 0.0520. The van der Waals surface area contributed by atoms with Crippen LogP contribution in [-0.4, -0.2) is 28.0 Å². The summed E-state index contributed by atoms with van der Waals surface area (Å²) in [5, 5.41) is 9.45. The number of ether oxygens (including phenoxy) is 1. The number of aromatic amines is 1. The Balaban J connectivity index is 2.51. The summed E-state index contributed by atoms with van der Waals surface area (Å²) in [6.45, 7) is 1.76. The fourth-order valence-corrected chi connectivity index (χ4v) is 1.78. The number of carbonyl (C=O) groups is 1. The molecule has 1 N–H and O–H groups in total. The van der Waals surface area contributed by atoms with Crippen LogP contribution in [0, 0.1) is 11.6 Å². The van der Waals surface area contributed by atoms with E-state index in [0.717, 1.165) is 12.1 Å². The zero-order valence-electron chi connectivity index (χ0n) is 9.71. The summed E-state index contributed by atoms with van der Waals surface area (Å²) in [5.41, 5.74) is -0.456. The molecule has 2 rings (SSSR count). The minimum atomic E-state index is -0.756. The molecule has 0 amide bonds. The van der Waals surface area contributed by atoms with Gasteiger partial charge in [0.05, 0.1) is 11.1 Å². The summed E-state index contributed by atoms with van der Waals surface area (Å²) in [5.74, 6) is -2.16. The van der Waals surface area contributed by atoms with Crippen molar-refractivity contribution in [1.82, 2.24) is 15.4 Å². The maximum Gasteiger partial charge on any atom is 0.361 e. The van der Waals surface area contributed by atoms with Gasteiger partial charge in [0.2, 0.25) is 0 Å². The number of rotatable bonds is 3. The minimum Gasteiger partial charge on any atom is -0.461 e. The molecule has 1 heterocycles. The fraction of sp³-hybridized carbons (Fsp3) is 0.182. The molecule has 0 aliphatic heterocycles.